The van der Waals surface area contributed by atoms with Crippen molar-refractivity contribution in [1.82, 2.24) is 10.2 Å². The van der Waals surface area contributed by atoms with Crippen molar-refractivity contribution < 1.29 is 9.59 Å². The molecular weight excluding hydrogens is 252 g/mol. The molecule has 1 rings (SSSR count). The van der Waals surface area contributed by atoms with Gasteiger partial charge in [-0.05, 0) is 25.8 Å². The number of carbonyl (C=O) groups is 2. The molecule has 1 N–H and O–H groups in total. The van der Waals surface area contributed by atoms with Crippen LogP contribution < -0.4 is 5.32 Å². The molecule has 110 valence electrons. The average Bonchev–Trinajstić information content (AvgIpc) is 2.45. The molecule has 0 aliphatic rings. The van der Waals surface area contributed by atoms with Gasteiger partial charge in [0.05, 0.1) is 0 Å². The minimum Gasteiger partial charge on any atom is -0.353 e. The molecule has 4 heteroatoms. The van der Waals surface area contributed by atoms with Crippen LogP contribution in [-0.4, -0.2) is 29.3 Å². The van der Waals surface area contributed by atoms with Crippen LogP contribution in [0.1, 0.15) is 39.2 Å². The zero-order chi connectivity index (χ0) is 15.0. The van der Waals surface area contributed by atoms with Gasteiger partial charge in [0.15, 0.2) is 0 Å². The number of rotatable bonds is 7. The van der Waals surface area contributed by atoms with Gasteiger partial charge in [-0.3, -0.25) is 9.59 Å². The van der Waals surface area contributed by atoms with Crippen LogP contribution in [-0.2, 0) is 16.1 Å². The maximum Gasteiger partial charge on any atom is 0.232 e. The molecule has 0 heterocycles. The Kier molecular flexibility index (Phi) is 6.77. The number of hydrogen-bond acceptors (Lipinski definition) is 2. The average molecular weight is 276 g/mol. The van der Waals surface area contributed by atoms with Gasteiger partial charge in [0.25, 0.3) is 0 Å². The van der Waals surface area contributed by atoms with Crippen LogP contribution >= 0.6 is 0 Å². The smallest absolute Gasteiger partial charge is 0.232 e. The topological polar surface area (TPSA) is 49.4 Å². The van der Waals surface area contributed by atoms with E-state index < -0.39 is 0 Å². The van der Waals surface area contributed by atoms with E-state index in [1.54, 1.807) is 4.90 Å². The summed E-state index contributed by atoms with van der Waals surface area (Å²) in [6.07, 6.45) is 0.784. The molecule has 0 aromatic heterocycles. The number of nitrogens with one attached hydrogen (secondary N) is 1. The normalized spacial score (nSPS) is 11.8. The molecule has 20 heavy (non-hydrogen) atoms. The van der Waals surface area contributed by atoms with Crippen molar-refractivity contribution in [2.24, 2.45) is 0 Å². The second-order valence-electron chi connectivity index (χ2n) is 4.95. The van der Waals surface area contributed by atoms with Gasteiger partial charge in [-0.25, -0.2) is 0 Å². The first kappa shape index (κ1) is 16.2. The Labute approximate surface area is 121 Å². The molecule has 1 aromatic rings. The van der Waals surface area contributed by atoms with E-state index in [0.717, 1.165) is 12.0 Å². The van der Waals surface area contributed by atoms with Crippen molar-refractivity contribution in [2.75, 3.05) is 6.54 Å². The molecule has 2 amide bonds. The third-order valence-corrected chi connectivity index (χ3v) is 3.28. The Balaban J connectivity index is 2.53. The van der Waals surface area contributed by atoms with Gasteiger partial charge in [-0.2, -0.15) is 0 Å². The Morgan fingerprint density at radius 3 is 2.40 bits per heavy atom. The third-order valence-electron chi connectivity index (χ3n) is 3.28. The Morgan fingerprint density at radius 1 is 1.20 bits per heavy atom. The van der Waals surface area contributed by atoms with Crippen LogP contribution in [0.2, 0.25) is 0 Å². The molecule has 0 saturated carbocycles. The van der Waals surface area contributed by atoms with Gasteiger partial charge in [0, 0.05) is 19.1 Å². The fourth-order valence-corrected chi connectivity index (χ4v) is 1.86. The van der Waals surface area contributed by atoms with Crippen molar-refractivity contribution in [1.29, 1.82) is 0 Å². The molecule has 0 radical (unpaired) electrons. The van der Waals surface area contributed by atoms with Crippen molar-refractivity contribution in [2.45, 2.75) is 46.2 Å². The molecule has 0 aliphatic carbocycles. The van der Waals surface area contributed by atoms with E-state index >= 15 is 0 Å². The summed E-state index contributed by atoms with van der Waals surface area (Å²) < 4.78 is 0. The number of hydrogen-bond donors (Lipinski definition) is 1. The molecule has 0 fully saturated rings. The lowest BCUT2D eigenvalue weighted by Crippen LogP contribution is -2.38. The van der Waals surface area contributed by atoms with Crippen LogP contribution in [0.25, 0.3) is 0 Å². The van der Waals surface area contributed by atoms with Crippen LogP contribution in [0, 0.1) is 0 Å². The van der Waals surface area contributed by atoms with Gasteiger partial charge < -0.3 is 10.2 Å². The van der Waals surface area contributed by atoms with Crippen molar-refractivity contribution in [3.63, 3.8) is 0 Å². The summed E-state index contributed by atoms with van der Waals surface area (Å²) in [5.41, 5.74) is 1.07. The standard InChI is InChI=1S/C16H24N2O2/c1-4-13(3)17-15(19)11-16(20)18(5-2)12-14-9-7-6-8-10-14/h6-10,13H,4-5,11-12H2,1-3H3,(H,17,19). The Bertz CT molecular complexity index is 431. The molecule has 4 nitrogen and oxygen atoms in total. The van der Waals surface area contributed by atoms with Crippen LogP contribution in [0.3, 0.4) is 0 Å². The predicted molar refractivity (Wildman–Crippen MR) is 80.0 cm³/mol. The summed E-state index contributed by atoms with van der Waals surface area (Å²) in [6.45, 7) is 7.01. The highest BCUT2D eigenvalue weighted by atomic mass is 16.2. The Hall–Kier alpha value is -1.84. The molecule has 0 saturated heterocycles. The quantitative estimate of drug-likeness (QED) is 0.777. The van der Waals surface area contributed by atoms with E-state index in [0.29, 0.717) is 13.1 Å². The first-order valence-corrected chi connectivity index (χ1v) is 7.17. The van der Waals surface area contributed by atoms with E-state index in [1.165, 1.54) is 0 Å². The molecule has 1 aromatic carbocycles. The van der Waals surface area contributed by atoms with Crippen molar-refractivity contribution in [3.8, 4) is 0 Å². The maximum absolute atomic E-state index is 12.1. The largest absolute Gasteiger partial charge is 0.353 e. The fraction of sp³-hybridized carbons (Fsp3) is 0.500. The zero-order valence-electron chi connectivity index (χ0n) is 12.6. The second kappa shape index (κ2) is 8.35. The van der Waals surface area contributed by atoms with Gasteiger partial charge in [0.2, 0.25) is 11.8 Å². The molecule has 1 atom stereocenters. The van der Waals surface area contributed by atoms with E-state index in [4.69, 9.17) is 0 Å². The fourth-order valence-electron chi connectivity index (χ4n) is 1.86. The second-order valence-corrected chi connectivity index (χ2v) is 4.95. The zero-order valence-corrected chi connectivity index (χ0v) is 12.6. The predicted octanol–water partition coefficient (Wildman–Crippen LogP) is 2.34. The van der Waals surface area contributed by atoms with Crippen LogP contribution in [0.5, 0.6) is 0 Å². The number of nitrogens with zero attached hydrogens (tertiary/aromatic N) is 1. The lowest BCUT2D eigenvalue weighted by Gasteiger charge is -2.21. The van der Waals surface area contributed by atoms with Gasteiger partial charge >= 0.3 is 0 Å². The van der Waals surface area contributed by atoms with E-state index in [9.17, 15) is 9.59 Å². The van der Waals surface area contributed by atoms with Gasteiger partial charge in [0.1, 0.15) is 6.42 Å². The lowest BCUT2D eigenvalue weighted by molar-refractivity contribution is -0.136. The summed E-state index contributed by atoms with van der Waals surface area (Å²) in [6, 6.07) is 9.91. The van der Waals surface area contributed by atoms with E-state index in [1.807, 2.05) is 51.1 Å². The molecule has 0 spiro atoms. The molecule has 0 bridgehead atoms. The summed E-state index contributed by atoms with van der Waals surface area (Å²) in [7, 11) is 0. The highest BCUT2D eigenvalue weighted by Crippen LogP contribution is 2.06. The number of benzene rings is 1. The first-order chi connectivity index (χ1) is 9.56. The van der Waals surface area contributed by atoms with Gasteiger partial charge in [-0.1, -0.05) is 37.3 Å². The van der Waals surface area contributed by atoms with E-state index in [2.05, 4.69) is 5.32 Å². The monoisotopic (exact) mass is 276 g/mol. The SMILES string of the molecule is CCC(C)NC(=O)CC(=O)N(CC)Cc1ccccc1. The maximum atomic E-state index is 12.1. The summed E-state index contributed by atoms with van der Waals surface area (Å²) in [5.74, 6) is -0.326. The number of amides is 2. The lowest BCUT2D eigenvalue weighted by atomic mass is 10.2. The van der Waals surface area contributed by atoms with Crippen LogP contribution in [0.4, 0.5) is 0 Å². The highest BCUT2D eigenvalue weighted by molar-refractivity contribution is 5.96. The van der Waals surface area contributed by atoms with Crippen molar-refractivity contribution in [3.05, 3.63) is 35.9 Å². The summed E-state index contributed by atoms with van der Waals surface area (Å²) in [5, 5.41) is 2.82. The minimum atomic E-state index is -0.198. The summed E-state index contributed by atoms with van der Waals surface area (Å²) >= 11 is 0. The third kappa shape index (κ3) is 5.43. The highest BCUT2D eigenvalue weighted by Gasteiger charge is 2.17. The molecular formula is C16H24N2O2. The van der Waals surface area contributed by atoms with Crippen molar-refractivity contribution >= 4 is 11.8 Å². The molecule has 1 unspecified atom stereocenters. The van der Waals surface area contributed by atoms with Crippen LogP contribution in [0.15, 0.2) is 30.3 Å². The van der Waals surface area contributed by atoms with E-state index in [-0.39, 0.29) is 24.3 Å². The minimum absolute atomic E-state index is 0.0784. The first-order valence-electron chi connectivity index (χ1n) is 7.17. The molecule has 0 aliphatic heterocycles. The Morgan fingerprint density at radius 2 is 1.85 bits per heavy atom. The van der Waals surface area contributed by atoms with Gasteiger partial charge in [-0.15, -0.1) is 0 Å². The summed E-state index contributed by atoms with van der Waals surface area (Å²) in [4.78, 5) is 25.6. The number of carbonyl (C=O) groups excluding carboxylic acids is 2.